The van der Waals surface area contributed by atoms with Gasteiger partial charge in [0.1, 0.15) is 0 Å². The van der Waals surface area contributed by atoms with Crippen LogP contribution < -0.4 is 25.0 Å². The van der Waals surface area contributed by atoms with Crippen LogP contribution in [0.2, 0.25) is 0 Å². The number of hydrogen-bond acceptors (Lipinski definition) is 7. The first-order valence-electron chi connectivity index (χ1n) is 11.5. The van der Waals surface area contributed by atoms with Crippen LogP contribution in [0, 0.1) is 11.3 Å². The van der Waals surface area contributed by atoms with Crippen LogP contribution in [0.3, 0.4) is 0 Å². The molecular weight excluding hydrogens is 460 g/mol. The summed E-state index contributed by atoms with van der Waals surface area (Å²) in [6, 6.07) is 17.8. The molecule has 10 heteroatoms. The number of ether oxygens (including phenoxy) is 2. The predicted molar refractivity (Wildman–Crippen MR) is 133 cm³/mol. The largest absolute Gasteiger partial charge is 0.454 e. The normalized spacial score (nSPS) is 14.2. The van der Waals surface area contributed by atoms with Gasteiger partial charge in [-0.2, -0.15) is 5.26 Å². The molecule has 3 heterocycles. The Bertz CT molecular complexity index is 1310. The van der Waals surface area contributed by atoms with Crippen molar-refractivity contribution < 1.29 is 19.1 Å². The van der Waals surface area contributed by atoms with Gasteiger partial charge >= 0.3 is 6.03 Å². The minimum absolute atomic E-state index is 0.145. The number of carbonyl (C=O) groups excluding carboxylic acids is 2. The van der Waals surface area contributed by atoms with Crippen molar-refractivity contribution >= 4 is 29.1 Å². The molecule has 182 valence electrons. The van der Waals surface area contributed by atoms with E-state index in [1.165, 1.54) is 0 Å². The third-order valence-corrected chi connectivity index (χ3v) is 6.02. The lowest BCUT2D eigenvalue weighted by Crippen LogP contribution is -2.50. The Morgan fingerprint density at radius 3 is 2.53 bits per heavy atom. The van der Waals surface area contributed by atoms with E-state index in [1.54, 1.807) is 47.5 Å². The van der Waals surface area contributed by atoms with E-state index in [9.17, 15) is 9.59 Å². The second-order valence-corrected chi connectivity index (χ2v) is 8.33. The number of hydrogen-bond donors (Lipinski definition) is 2. The van der Waals surface area contributed by atoms with Crippen LogP contribution in [-0.4, -0.2) is 54.8 Å². The summed E-state index contributed by atoms with van der Waals surface area (Å²) in [6.45, 7) is 2.29. The molecular formula is C26H24N6O4. The molecule has 1 fully saturated rings. The minimum atomic E-state index is -0.277. The summed E-state index contributed by atoms with van der Waals surface area (Å²) in [7, 11) is 0. The van der Waals surface area contributed by atoms with E-state index in [2.05, 4.69) is 26.6 Å². The van der Waals surface area contributed by atoms with Crippen LogP contribution >= 0.6 is 0 Å². The molecule has 0 saturated carbocycles. The molecule has 5 rings (SSSR count). The standard InChI is InChI=1S/C26H24N6O4/c27-10-9-18-3-6-20(7-4-18)29-26(34)32-14-12-31(13-15-32)24-21(2-1-11-28-24)30-25(33)19-5-8-22-23(16-19)36-17-35-22/h1-8,11,16H,9,12-15,17H2,(H,29,34)(H,30,33). The molecule has 2 aliphatic rings. The average molecular weight is 485 g/mol. The maximum Gasteiger partial charge on any atom is 0.321 e. The van der Waals surface area contributed by atoms with Gasteiger partial charge in [0.05, 0.1) is 18.2 Å². The second-order valence-electron chi connectivity index (χ2n) is 8.33. The first kappa shape index (κ1) is 23.0. The maximum absolute atomic E-state index is 12.9. The van der Waals surface area contributed by atoms with E-state index in [0.717, 1.165) is 5.56 Å². The highest BCUT2D eigenvalue weighted by Gasteiger charge is 2.24. The SMILES string of the molecule is N#CCc1ccc(NC(=O)N2CCN(c3ncccc3NC(=O)c3ccc4c(c3)OCO4)CC2)cc1. The molecule has 10 nitrogen and oxygen atoms in total. The number of piperazine rings is 1. The number of nitrogens with zero attached hydrogens (tertiary/aromatic N) is 4. The second kappa shape index (κ2) is 10.2. The van der Waals surface area contributed by atoms with Crippen LogP contribution in [-0.2, 0) is 6.42 Å². The quantitative estimate of drug-likeness (QED) is 0.569. The van der Waals surface area contributed by atoms with Crippen LogP contribution in [0.5, 0.6) is 11.5 Å². The highest BCUT2D eigenvalue weighted by Crippen LogP contribution is 2.33. The molecule has 1 aromatic heterocycles. The fraction of sp³-hybridized carbons (Fsp3) is 0.231. The van der Waals surface area contributed by atoms with E-state index in [1.807, 2.05) is 18.2 Å². The number of urea groups is 1. The minimum Gasteiger partial charge on any atom is -0.454 e. The molecule has 2 N–H and O–H groups in total. The molecule has 0 unspecified atom stereocenters. The molecule has 2 aromatic carbocycles. The molecule has 2 aliphatic heterocycles. The fourth-order valence-electron chi connectivity index (χ4n) is 4.10. The van der Waals surface area contributed by atoms with Crippen molar-refractivity contribution in [2.45, 2.75) is 6.42 Å². The lowest BCUT2D eigenvalue weighted by atomic mass is 10.1. The topological polar surface area (TPSA) is 120 Å². The number of nitriles is 1. The number of amides is 3. The zero-order valence-electron chi connectivity index (χ0n) is 19.4. The third kappa shape index (κ3) is 5.00. The molecule has 1 saturated heterocycles. The number of fused-ring (bicyclic) bond motifs is 1. The van der Waals surface area contributed by atoms with Crippen LogP contribution in [0.4, 0.5) is 22.0 Å². The fourth-order valence-corrected chi connectivity index (χ4v) is 4.10. The average Bonchev–Trinajstić information content (AvgIpc) is 3.38. The van der Waals surface area contributed by atoms with Crippen molar-refractivity contribution in [3.8, 4) is 17.6 Å². The molecule has 3 amide bonds. The van der Waals surface area contributed by atoms with Gasteiger partial charge in [0.2, 0.25) is 6.79 Å². The van der Waals surface area contributed by atoms with Gasteiger partial charge in [-0.15, -0.1) is 0 Å². The Balaban J connectivity index is 1.20. The number of rotatable bonds is 5. The first-order valence-corrected chi connectivity index (χ1v) is 11.5. The number of anilines is 3. The Morgan fingerprint density at radius 1 is 0.972 bits per heavy atom. The zero-order chi connectivity index (χ0) is 24.9. The van der Waals surface area contributed by atoms with E-state index in [4.69, 9.17) is 14.7 Å². The molecule has 3 aromatic rings. The van der Waals surface area contributed by atoms with Crippen molar-refractivity contribution in [2.24, 2.45) is 0 Å². The molecule has 0 spiro atoms. The molecule has 36 heavy (non-hydrogen) atoms. The molecule has 0 bridgehead atoms. The first-order chi connectivity index (χ1) is 17.6. The maximum atomic E-state index is 12.9. The third-order valence-electron chi connectivity index (χ3n) is 6.02. The van der Waals surface area contributed by atoms with Gasteiger partial charge in [-0.05, 0) is 48.0 Å². The Morgan fingerprint density at radius 2 is 1.75 bits per heavy atom. The number of aromatic nitrogens is 1. The van der Waals surface area contributed by atoms with Crippen LogP contribution in [0.25, 0.3) is 0 Å². The number of pyridine rings is 1. The summed E-state index contributed by atoms with van der Waals surface area (Å²) in [6.07, 6.45) is 2.02. The van der Waals surface area contributed by atoms with E-state index < -0.39 is 0 Å². The summed E-state index contributed by atoms with van der Waals surface area (Å²) >= 11 is 0. The van der Waals surface area contributed by atoms with Crippen molar-refractivity contribution in [1.82, 2.24) is 9.88 Å². The summed E-state index contributed by atoms with van der Waals surface area (Å²) < 4.78 is 10.7. The monoisotopic (exact) mass is 484 g/mol. The Labute approximate surface area is 208 Å². The van der Waals surface area contributed by atoms with Gasteiger partial charge in [-0.25, -0.2) is 9.78 Å². The van der Waals surface area contributed by atoms with E-state index in [0.29, 0.717) is 66.9 Å². The molecule has 0 atom stereocenters. The lowest BCUT2D eigenvalue weighted by molar-refractivity contribution is 0.102. The summed E-state index contributed by atoms with van der Waals surface area (Å²) in [5, 5.41) is 14.6. The van der Waals surface area contributed by atoms with Crippen LogP contribution in [0.15, 0.2) is 60.8 Å². The van der Waals surface area contributed by atoms with Gasteiger partial charge in [-0.3, -0.25) is 4.79 Å². The summed E-state index contributed by atoms with van der Waals surface area (Å²) in [4.78, 5) is 33.9. The Hall–Kier alpha value is -4.78. The van der Waals surface area contributed by atoms with Gasteiger partial charge in [0.25, 0.3) is 5.91 Å². The number of carbonyl (C=O) groups is 2. The molecule has 0 radical (unpaired) electrons. The van der Waals surface area contributed by atoms with Gasteiger partial charge in [0.15, 0.2) is 17.3 Å². The van der Waals surface area contributed by atoms with E-state index >= 15 is 0 Å². The Kier molecular flexibility index (Phi) is 6.53. The van der Waals surface area contributed by atoms with Gasteiger partial charge < -0.3 is 29.9 Å². The highest BCUT2D eigenvalue weighted by atomic mass is 16.7. The zero-order valence-corrected chi connectivity index (χ0v) is 19.4. The van der Waals surface area contributed by atoms with Crippen molar-refractivity contribution in [2.75, 3.05) is 48.5 Å². The smallest absolute Gasteiger partial charge is 0.321 e. The van der Waals surface area contributed by atoms with Crippen molar-refractivity contribution in [3.05, 3.63) is 71.9 Å². The van der Waals surface area contributed by atoms with Crippen molar-refractivity contribution in [1.29, 1.82) is 5.26 Å². The van der Waals surface area contributed by atoms with Gasteiger partial charge in [0, 0.05) is 43.6 Å². The van der Waals surface area contributed by atoms with Gasteiger partial charge in [-0.1, -0.05) is 12.1 Å². The highest BCUT2D eigenvalue weighted by molar-refractivity contribution is 6.06. The number of benzene rings is 2. The number of nitrogens with one attached hydrogen (secondary N) is 2. The van der Waals surface area contributed by atoms with Crippen molar-refractivity contribution in [3.63, 3.8) is 0 Å². The predicted octanol–water partition coefficient (Wildman–Crippen LogP) is 3.48. The lowest BCUT2D eigenvalue weighted by Gasteiger charge is -2.36. The van der Waals surface area contributed by atoms with Crippen LogP contribution in [0.1, 0.15) is 15.9 Å². The summed E-state index contributed by atoms with van der Waals surface area (Å²) in [5.74, 6) is 1.54. The van der Waals surface area contributed by atoms with E-state index in [-0.39, 0.29) is 18.7 Å². The summed E-state index contributed by atoms with van der Waals surface area (Å²) in [5.41, 5.74) is 2.63. The molecule has 0 aliphatic carbocycles.